The first-order chi connectivity index (χ1) is 17.9. The first kappa shape index (κ1) is 27.8. The molecule has 0 radical (unpaired) electrons. The van der Waals surface area contributed by atoms with Gasteiger partial charge in [-0.25, -0.2) is 9.59 Å². The maximum Gasteiger partial charge on any atom is 0.335 e. The minimum Gasteiger partial charge on any atom is -0.493 e. The number of carbonyl (C=O) groups excluding carboxylic acids is 1. The van der Waals surface area contributed by atoms with Crippen LogP contribution in [0.3, 0.4) is 0 Å². The Labute approximate surface area is 219 Å². The molecule has 0 bridgehead atoms. The fourth-order valence-electron chi connectivity index (χ4n) is 4.68. The van der Waals surface area contributed by atoms with Crippen molar-refractivity contribution in [3.63, 3.8) is 0 Å². The zero-order chi connectivity index (χ0) is 26.6. The Kier molecular flexibility index (Phi) is 10.6. The number of carboxylic acid groups (broad SMARTS) is 1. The van der Waals surface area contributed by atoms with E-state index >= 15 is 0 Å². The molecule has 37 heavy (non-hydrogen) atoms. The summed E-state index contributed by atoms with van der Waals surface area (Å²) in [5.74, 6) is 0.767. The number of nitrogens with two attached hydrogens (primary N) is 2. The van der Waals surface area contributed by atoms with Crippen LogP contribution in [-0.2, 0) is 16.0 Å². The van der Waals surface area contributed by atoms with Crippen molar-refractivity contribution >= 4 is 29.4 Å². The Morgan fingerprint density at radius 1 is 1.00 bits per heavy atom. The number of carboxylic acids is 1. The molecule has 1 aliphatic rings. The van der Waals surface area contributed by atoms with Crippen molar-refractivity contribution in [2.45, 2.75) is 51.4 Å². The Morgan fingerprint density at radius 2 is 1.65 bits per heavy atom. The number of allylic oxidation sites excluding steroid dienone is 1. The largest absolute Gasteiger partial charge is 0.493 e. The van der Waals surface area contributed by atoms with Crippen molar-refractivity contribution in [3.8, 4) is 5.75 Å². The highest BCUT2D eigenvalue weighted by molar-refractivity contribution is 5.91. The van der Waals surface area contributed by atoms with Crippen molar-refractivity contribution in [2.24, 2.45) is 11.8 Å². The Bertz CT molecular complexity index is 1060. The van der Waals surface area contributed by atoms with Crippen LogP contribution in [0, 0.1) is 11.8 Å². The van der Waals surface area contributed by atoms with Gasteiger partial charge in [0, 0.05) is 17.5 Å². The molecule has 5 N–H and O–H groups in total. The van der Waals surface area contributed by atoms with Crippen LogP contribution in [-0.4, -0.2) is 30.3 Å². The second kappa shape index (κ2) is 14.1. The number of anilines is 2. The van der Waals surface area contributed by atoms with Gasteiger partial charge in [0.05, 0.1) is 18.8 Å². The van der Waals surface area contributed by atoms with Crippen LogP contribution >= 0.6 is 0 Å². The van der Waals surface area contributed by atoms with Gasteiger partial charge in [0.25, 0.3) is 0 Å². The van der Waals surface area contributed by atoms with Gasteiger partial charge in [-0.3, -0.25) is 0 Å². The van der Waals surface area contributed by atoms with Crippen molar-refractivity contribution in [1.82, 2.24) is 0 Å². The van der Waals surface area contributed by atoms with Crippen LogP contribution in [0.15, 0.2) is 55.1 Å². The van der Waals surface area contributed by atoms with E-state index < -0.39 is 11.9 Å². The van der Waals surface area contributed by atoms with Crippen LogP contribution in [0.5, 0.6) is 5.75 Å². The topological polar surface area (TPSA) is 125 Å². The van der Waals surface area contributed by atoms with E-state index in [-0.39, 0.29) is 12.2 Å². The van der Waals surface area contributed by atoms with Gasteiger partial charge in [0.15, 0.2) is 0 Å². The van der Waals surface area contributed by atoms with Crippen LogP contribution < -0.4 is 16.2 Å². The molecule has 7 nitrogen and oxygen atoms in total. The van der Waals surface area contributed by atoms with E-state index in [1.54, 1.807) is 6.08 Å². The smallest absolute Gasteiger partial charge is 0.335 e. The van der Waals surface area contributed by atoms with Gasteiger partial charge in [0.2, 0.25) is 0 Å². The van der Waals surface area contributed by atoms with Gasteiger partial charge in [-0.2, -0.15) is 0 Å². The van der Waals surface area contributed by atoms with Gasteiger partial charge in [-0.1, -0.05) is 18.2 Å². The molecular weight excluding hydrogens is 468 g/mol. The highest BCUT2D eigenvalue weighted by Crippen LogP contribution is 2.31. The van der Waals surface area contributed by atoms with E-state index in [2.05, 4.69) is 6.58 Å². The van der Waals surface area contributed by atoms with Crippen molar-refractivity contribution in [1.29, 1.82) is 0 Å². The van der Waals surface area contributed by atoms with Crippen molar-refractivity contribution in [2.75, 3.05) is 24.7 Å². The lowest BCUT2D eigenvalue weighted by Gasteiger charge is -2.27. The molecule has 2 aromatic rings. The third kappa shape index (κ3) is 9.01. The van der Waals surface area contributed by atoms with Gasteiger partial charge >= 0.3 is 11.9 Å². The minimum absolute atomic E-state index is 0.0684. The number of ether oxygens (including phenoxy) is 2. The summed E-state index contributed by atoms with van der Waals surface area (Å²) < 4.78 is 11.3. The number of nitrogen functional groups attached to an aromatic ring is 2. The molecule has 198 valence electrons. The Balaban J connectivity index is 1.33. The van der Waals surface area contributed by atoms with Gasteiger partial charge in [0.1, 0.15) is 5.75 Å². The number of carbonyl (C=O) groups is 2. The molecule has 1 fully saturated rings. The summed E-state index contributed by atoms with van der Waals surface area (Å²) in [5.41, 5.74) is 14.3. The average molecular weight is 507 g/mol. The summed E-state index contributed by atoms with van der Waals surface area (Å²) in [6.45, 7) is 4.87. The van der Waals surface area contributed by atoms with Crippen LogP contribution in [0.2, 0.25) is 0 Å². The lowest BCUT2D eigenvalue weighted by Crippen LogP contribution is -2.19. The van der Waals surface area contributed by atoms with Crippen molar-refractivity contribution in [3.05, 3.63) is 71.8 Å². The standard InChI is InChI=1S/C30H38N2O5/c1-2-5-21-7-9-23(10-8-21)20-37-25-14-11-22(12-15-25)13-16-29(33)36-17-4-3-6-26-27(31)18-24(30(34)35)19-28(26)32/h2,11-16,18-19,21,23H,1,3-10,17,20,31-32H2,(H,34,35). The zero-order valence-electron chi connectivity index (χ0n) is 21.4. The lowest BCUT2D eigenvalue weighted by molar-refractivity contribution is -0.137. The van der Waals surface area contributed by atoms with E-state index in [1.807, 2.05) is 30.3 Å². The second-order valence-electron chi connectivity index (χ2n) is 9.69. The summed E-state index contributed by atoms with van der Waals surface area (Å²) in [7, 11) is 0. The molecule has 0 heterocycles. The first-order valence-corrected chi connectivity index (χ1v) is 13.0. The zero-order valence-corrected chi connectivity index (χ0v) is 21.4. The fraction of sp³-hybridized carbons (Fsp3) is 0.400. The number of benzene rings is 2. The third-order valence-corrected chi connectivity index (χ3v) is 6.88. The molecule has 0 amide bonds. The van der Waals surface area contributed by atoms with Crippen LogP contribution in [0.4, 0.5) is 11.4 Å². The lowest BCUT2D eigenvalue weighted by atomic mass is 9.81. The molecule has 1 saturated carbocycles. The summed E-state index contributed by atoms with van der Waals surface area (Å²) in [4.78, 5) is 23.1. The molecule has 2 aromatic carbocycles. The Morgan fingerprint density at radius 3 is 2.27 bits per heavy atom. The average Bonchev–Trinajstić information content (AvgIpc) is 2.89. The molecule has 0 atom stereocenters. The van der Waals surface area contributed by atoms with E-state index in [1.165, 1.54) is 43.9 Å². The molecule has 0 unspecified atom stereocenters. The number of hydrogen-bond donors (Lipinski definition) is 3. The van der Waals surface area contributed by atoms with E-state index in [0.29, 0.717) is 36.6 Å². The fourth-order valence-corrected chi connectivity index (χ4v) is 4.68. The predicted molar refractivity (Wildman–Crippen MR) is 147 cm³/mol. The molecule has 0 saturated heterocycles. The minimum atomic E-state index is -1.07. The summed E-state index contributed by atoms with van der Waals surface area (Å²) in [6.07, 6.45) is 13.1. The van der Waals surface area contributed by atoms with E-state index in [9.17, 15) is 9.59 Å². The number of aromatic carboxylic acids is 1. The van der Waals surface area contributed by atoms with Gasteiger partial charge in [-0.05, 0) is 105 Å². The second-order valence-corrected chi connectivity index (χ2v) is 9.69. The summed E-state index contributed by atoms with van der Waals surface area (Å²) in [5, 5.41) is 9.06. The van der Waals surface area contributed by atoms with Crippen molar-refractivity contribution < 1.29 is 24.2 Å². The third-order valence-electron chi connectivity index (χ3n) is 6.88. The van der Waals surface area contributed by atoms with Crippen LogP contribution in [0.1, 0.15) is 66.4 Å². The predicted octanol–water partition coefficient (Wildman–Crippen LogP) is 5.89. The molecular formula is C30H38N2O5. The number of esters is 1. The Hall–Kier alpha value is -3.74. The van der Waals surface area contributed by atoms with Crippen LogP contribution in [0.25, 0.3) is 6.08 Å². The maximum absolute atomic E-state index is 12.0. The summed E-state index contributed by atoms with van der Waals surface area (Å²) >= 11 is 0. The molecule has 0 spiro atoms. The summed E-state index contributed by atoms with van der Waals surface area (Å²) in [6, 6.07) is 10.5. The van der Waals surface area contributed by atoms with Gasteiger partial charge in [-0.15, -0.1) is 6.58 Å². The normalized spacial score (nSPS) is 17.4. The number of hydrogen-bond acceptors (Lipinski definition) is 6. The molecule has 0 aromatic heterocycles. The SMILES string of the molecule is C=CCC1CCC(COc2ccc(C=CC(=O)OCCCCc3c(N)cc(C(=O)O)cc3N)cc2)CC1. The monoisotopic (exact) mass is 506 g/mol. The molecule has 1 aliphatic carbocycles. The quantitative estimate of drug-likeness (QED) is 0.102. The molecule has 0 aliphatic heterocycles. The maximum atomic E-state index is 12.0. The highest BCUT2D eigenvalue weighted by atomic mass is 16.5. The number of unbranched alkanes of at least 4 members (excludes halogenated alkanes) is 1. The van der Waals surface area contributed by atoms with E-state index in [4.69, 9.17) is 26.0 Å². The van der Waals surface area contributed by atoms with Gasteiger partial charge < -0.3 is 26.0 Å². The van der Waals surface area contributed by atoms with E-state index in [0.717, 1.165) is 35.8 Å². The molecule has 3 rings (SSSR count). The highest BCUT2D eigenvalue weighted by Gasteiger charge is 2.20. The first-order valence-electron chi connectivity index (χ1n) is 13.0. The molecule has 7 heteroatoms. The number of rotatable bonds is 13.